The van der Waals surface area contributed by atoms with Gasteiger partial charge >= 0.3 is 0 Å². The van der Waals surface area contributed by atoms with Crippen molar-refractivity contribution in [3.8, 4) is 0 Å². The molecule has 0 bridgehead atoms. The standard InChI is InChI=1S/C13H14N4S2/c1-8-6-18-7-9(8)5-15-11-10-3-4-19-12(10)17-13(14-2)16-11/h3-4,6-7H,5H2,1-2H3,(H2,14,15,16,17). The maximum atomic E-state index is 4.50. The van der Waals surface area contributed by atoms with Crippen molar-refractivity contribution in [2.75, 3.05) is 17.7 Å². The van der Waals surface area contributed by atoms with E-state index in [-0.39, 0.29) is 0 Å². The molecule has 3 heterocycles. The number of nitrogens with one attached hydrogen (secondary N) is 2. The first kappa shape index (κ1) is 12.4. The zero-order chi connectivity index (χ0) is 13.2. The number of thiophene rings is 2. The van der Waals surface area contributed by atoms with E-state index in [1.54, 1.807) is 22.7 Å². The quantitative estimate of drug-likeness (QED) is 0.769. The lowest BCUT2D eigenvalue weighted by molar-refractivity contribution is 1.10. The van der Waals surface area contributed by atoms with Crippen molar-refractivity contribution in [1.29, 1.82) is 0 Å². The molecule has 0 saturated carbocycles. The Labute approximate surface area is 119 Å². The molecule has 98 valence electrons. The summed E-state index contributed by atoms with van der Waals surface area (Å²) in [5.74, 6) is 1.54. The van der Waals surface area contributed by atoms with Crippen LogP contribution in [0.1, 0.15) is 11.1 Å². The Hall–Kier alpha value is -1.66. The highest BCUT2D eigenvalue weighted by Gasteiger charge is 2.08. The summed E-state index contributed by atoms with van der Waals surface area (Å²) in [6.45, 7) is 2.92. The van der Waals surface area contributed by atoms with Crippen LogP contribution in [-0.4, -0.2) is 17.0 Å². The van der Waals surface area contributed by atoms with E-state index in [0.717, 1.165) is 22.6 Å². The molecule has 0 atom stereocenters. The Kier molecular flexibility index (Phi) is 3.35. The normalized spacial score (nSPS) is 10.8. The van der Waals surface area contributed by atoms with Crippen molar-refractivity contribution >= 4 is 44.7 Å². The van der Waals surface area contributed by atoms with Crippen molar-refractivity contribution < 1.29 is 0 Å². The van der Waals surface area contributed by atoms with E-state index in [4.69, 9.17) is 0 Å². The van der Waals surface area contributed by atoms with Crippen LogP contribution in [0.15, 0.2) is 22.2 Å². The monoisotopic (exact) mass is 290 g/mol. The van der Waals surface area contributed by atoms with Gasteiger partial charge in [0.1, 0.15) is 10.6 Å². The van der Waals surface area contributed by atoms with Gasteiger partial charge in [-0.1, -0.05) is 0 Å². The van der Waals surface area contributed by atoms with Crippen molar-refractivity contribution in [3.63, 3.8) is 0 Å². The van der Waals surface area contributed by atoms with Crippen LogP contribution in [0.2, 0.25) is 0 Å². The number of hydrogen-bond acceptors (Lipinski definition) is 6. The minimum Gasteiger partial charge on any atom is -0.365 e. The van der Waals surface area contributed by atoms with E-state index in [0.29, 0.717) is 5.95 Å². The molecule has 3 aromatic heterocycles. The van der Waals surface area contributed by atoms with Crippen LogP contribution in [0.25, 0.3) is 10.2 Å². The molecular formula is C13H14N4S2. The summed E-state index contributed by atoms with van der Waals surface area (Å²) in [4.78, 5) is 9.94. The molecular weight excluding hydrogens is 276 g/mol. The molecule has 3 aromatic rings. The maximum Gasteiger partial charge on any atom is 0.225 e. The summed E-state index contributed by atoms with van der Waals surface area (Å²) in [6, 6.07) is 2.06. The van der Waals surface area contributed by atoms with Crippen molar-refractivity contribution in [2.24, 2.45) is 0 Å². The molecule has 2 N–H and O–H groups in total. The van der Waals surface area contributed by atoms with Crippen molar-refractivity contribution in [1.82, 2.24) is 9.97 Å². The molecule has 0 fully saturated rings. The third-order valence-corrected chi connectivity index (χ3v) is 4.67. The van der Waals surface area contributed by atoms with Gasteiger partial charge in [0.05, 0.1) is 5.39 Å². The number of anilines is 2. The molecule has 0 saturated heterocycles. The van der Waals surface area contributed by atoms with Crippen LogP contribution in [0.3, 0.4) is 0 Å². The molecule has 3 rings (SSSR count). The molecule has 0 aromatic carbocycles. The van der Waals surface area contributed by atoms with Gasteiger partial charge in [-0.25, -0.2) is 4.98 Å². The zero-order valence-corrected chi connectivity index (χ0v) is 12.4. The Balaban J connectivity index is 1.91. The van der Waals surface area contributed by atoms with Gasteiger partial charge in [-0.2, -0.15) is 16.3 Å². The van der Waals surface area contributed by atoms with Crippen molar-refractivity contribution in [3.05, 3.63) is 33.3 Å². The predicted octanol–water partition coefficient (Wildman–Crippen LogP) is 3.72. The Morgan fingerprint density at radius 1 is 1.26 bits per heavy atom. The van der Waals surface area contributed by atoms with Crippen LogP contribution in [0.4, 0.5) is 11.8 Å². The van der Waals surface area contributed by atoms with E-state index >= 15 is 0 Å². The maximum absolute atomic E-state index is 4.50. The minimum absolute atomic E-state index is 0.652. The predicted molar refractivity (Wildman–Crippen MR) is 83.3 cm³/mol. The Bertz CT molecular complexity index is 702. The summed E-state index contributed by atoms with van der Waals surface area (Å²) in [7, 11) is 1.83. The lowest BCUT2D eigenvalue weighted by atomic mass is 10.2. The van der Waals surface area contributed by atoms with Crippen LogP contribution >= 0.6 is 22.7 Å². The molecule has 0 radical (unpaired) electrons. The molecule has 6 heteroatoms. The van der Waals surface area contributed by atoms with Gasteiger partial charge in [-0.3, -0.25) is 0 Å². The summed E-state index contributed by atoms with van der Waals surface area (Å²) in [5.41, 5.74) is 2.64. The first-order chi connectivity index (χ1) is 9.28. The minimum atomic E-state index is 0.652. The fourth-order valence-electron chi connectivity index (χ4n) is 1.85. The molecule has 0 amide bonds. The highest BCUT2D eigenvalue weighted by Crippen LogP contribution is 2.27. The van der Waals surface area contributed by atoms with Gasteiger partial charge in [0, 0.05) is 13.6 Å². The van der Waals surface area contributed by atoms with Crippen LogP contribution in [0, 0.1) is 6.92 Å². The van der Waals surface area contributed by atoms with Gasteiger partial charge in [0.15, 0.2) is 0 Å². The SMILES string of the molecule is CNc1nc(NCc2cscc2C)c2ccsc2n1. The Morgan fingerprint density at radius 3 is 2.89 bits per heavy atom. The third-order valence-electron chi connectivity index (χ3n) is 2.96. The fourth-order valence-corrected chi connectivity index (χ4v) is 3.47. The number of nitrogens with zero attached hydrogens (tertiary/aromatic N) is 2. The summed E-state index contributed by atoms with van der Waals surface area (Å²) in [6.07, 6.45) is 0. The number of aromatic nitrogens is 2. The molecule has 4 nitrogen and oxygen atoms in total. The largest absolute Gasteiger partial charge is 0.365 e. The van der Waals surface area contributed by atoms with Gasteiger partial charge in [0.25, 0.3) is 0 Å². The highest BCUT2D eigenvalue weighted by molar-refractivity contribution is 7.16. The van der Waals surface area contributed by atoms with E-state index < -0.39 is 0 Å². The molecule has 0 unspecified atom stereocenters. The smallest absolute Gasteiger partial charge is 0.225 e. The second-order valence-corrected chi connectivity index (χ2v) is 5.86. The number of hydrogen-bond donors (Lipinski definition) is 2. The average Bonchev–Trinajstić information content (AvgIpc) is 3.04. The van der Waals surface area contributed by atoms with Gasteiger partial charge in [0.2, 0.25) is 5.95 Å². The van der Waals surface area contributed by atoms with Crippen LogP contribution in [0.5, 0.6) is 0 Å². The van der Waals surface area contributed by atoms with Gasteiger partial charge < -0.3 is 10.6 Å². The molecule has 0 aliphatic heterocycles. The number of rotatable bonds is 4. The van der Waals surface area contributed by atoms with Crippen LogP contribution in [-0.2, 0) is 6.54 Å². The fraction of sp³-hybridized carbons (Fsp3) is 0.231. The van der Waals surface area contributed by atoms with Crippen LogP contribution < -0.4 is 10.6 Å². The number of aryl methyl sites for hydroxylation is 1. The van der Waals surface area contributed by atoms with E-state index in [2.05, 4.69) is 44.4 Å². The lowest BCUT2D eigenvalue weighted by Gasteiger charge is -2.08. The average molecular weight is 290 g/mol. The molecule has 0 spiro atoms. The summed E-state index contributed by atoms with van der Waals surface area (Å²) >= 11 is 3.36. The Morgan fingerprint density at radius 2 is 2.16 bits per heavy atom. The second kappa shape index (κ2) is 5.14. The first-order valence-electron chi connectivity index (χ1n) is 5.96. The molecule has 0 aliphatic rings. The topological polar surface area (TPSA) is 49.8 Å². The zero-order valence-electron chi connectivity index (χ0n) is 10.7. The third kappa shape index (κ3) is 2.41. The van der Waals surface area contributed by atoms with Gasteiger partial charge in [-0.15, -0.1) is 11.3 Å². The summed E-state index contributed by atoms with van der Waals surface area (Å²) in [5, 5.41) is 13.9. The number of fused-ring (bicyclic) bond motifs is 1. The molecule has 0 aliphatic carbocycles. The van der Waals surface area contributed by atoms with Crippen molar-refractivity contribution in [2.45, 2.75) is 13.5 Å². The summed E-state index contributed by atoms with van der Waals surface area (Å²) < 4.78 is 0. The molecule has 19 heavy (non-hydrogen) atoms. The highest BCUT2D eigenvalue weighted by atomic mass is 32.1. The van der Waals surface area contributed by atoms with E-state index in [1.807, 2.05) is 12.4 Å². The lowest BCUT2D eigenvalue weighted by Crippen LogP contribution is -2.05. The van der Waals surface area contributed by atoms with Gasteiger partial charge in [-0.05, 0) is 40.3 Å². The van der Waals surface area contributed by atoms with E-state index in [9.17, 15) is 0 Å². The second-order valence-electron chi connectivity index (χ2n) is 4.22. The van der Waals surface area contributed by atoms with E-state index in [1.165, 1.54) is 11.1 Å². The first-order valence-corrected chi connectivity index (χ1v) is 7.78.